The SMILES string of the molecule is CCOc1ccc(CN(C)C(=O)CSc2nnc(-c3cc(C)cc(C)c3)o2)cc1. The number of aromatic nitrogens is 2. The third-order valence-corrected chi connectivity index (χ3v) is 5.08. The highest BCUT2D eigenvalue weighted by molar-refractivity contribution is 7.99. The topological polar surface area (TPSA) is 68.5 Å². The van der Waals surface area contributed by atoms with Crippen LogP contribution >= 0.6 is 11.8 Å². The summed E-state index contributed by atoms with van der Waals surface area (Å²) in [5, 5.41) is 8.55. The van der Waals surface area contributed by atoms with E-state index in [9.17, 15) is 4.79 Å². The Morgan fingerprint density at radius 3 is 2.45 bits per heavy atom. The molecular weight excluding hydrogens is 386 g/mol. The van der Waals surface area contributed by atoms with E-state index in [2.05, 4.69) is 16.3 Å². The molecule has 1 heterocycles. The van der Waals surface area contributed by atoms with Crippen LogP contribution in [0.1, 0.15) is 23.6 Å². The second-order valence-corrected chi connectivity index (χ2v) is 7.79. The van der Waals surface area contributed by atoms with Crippen LogP contribution in [0.15, 0.2) is 52.1 Å². The number of benzene rings is 2. The summed E-state index contributed by atoms with van der Waals surface area (Å²) in [6.07, 6.45) is 0. The van der Waals surface area contributed by atoms with Gasteiger partial charge in [-0.1, -0.05) is 41.1 Å². The molecule has 0 bridgehead atoms. The van der Waals surface area contributed by atoms with Gasteiger partial charge in [0.2, 0.25) is 11.8 Å². The lowest BCUT2D eigenvalue weighted by Crippen LogP contribution is -2.27. The molecule has 0 saturated heterocycles. The van der Waals surface area contributed by atoms with Gasteiger partial charge in [0.05, 0.1) is 12.4 Å². The summed E-state index contributed by atoms with van der Waals surface area (Å²) < 4.78 is 11.2. The maximum Gasteiger partial charge on any atom is 0.277 e. The molecule has 3 aromatic rings. The standard InChI is InChI=1S/C22H25N3O3S/c1-5-27-19-8-6-17(7-9-19)13-25(4)20(26)14-29-22-24-23-21(28-22)18-11-15(2)10-16(3)12-18/h6-12H,5,13-14H2,1-4H3. The minimum atomic E-state index is -0.00460. The molecule has 7 heteroatoms. The summed E-state index contributed by atoms with van der Waals surface area (Å²) in [5.41, 5.74) is 4.21. The third-order valence-electron chi connectivity index (χ3n) is 4.27. The average molecular weight is 412 g/mol. The second kappa shape index (κ2) is 9.60. The fraction of sp³-hybridized carbons (Fsp3) is 0.318. The van der Waals surface area contributed by atoms with Gasteiger partial charge in [-0.15, -0.1) is 10.2 Å². The number of rotatable bonds is 8. The molecule has 1 amide bonds. The van der Waals surface area contributed by atoms with Crippen molar-refractivity contribution >= 4 is 17.7 Å². The maximum absolute atomic E-state index is 12.4. The molecule has 0 N–H and O–H groups in total. The van der Waals surface area contributed by atoms with Crippen LogP contribution in [0, 0.1) is 13.8 Å². The van der Waals surface area contributed by atoms with E-state index in [4.69, 9.17) is 9.15 Å². The fourth-order valence-electron chi connectivity index (χ4n) is 2.94. The van der Waals surface area contributed by atoms with Crippen molar-refractivity contribution in [2.24, 2.45) is 0 Å². The molecular formula is C22H25N3O3S. The molecule has 2 aromatic carbocycles. The van der Waals surface area contributed by atoms with E-state index in [1.54, 1.807) is 11.9 Å². The highest BCUT2D eigenvalue weighted by Gasteiger charge is 2.14. The molecule has 0 aliphatic carbocycles. The summed E-state index contributed by atoms with van der Waals surface area (Å²) in [6.45, 7) is 7.17. The van der Waals surface area contributed by atoms with Crippen molar-refractivity contribution in [1.82, 2.24) is 15.1 Å². The minimum Gasteiger partial charge on any atom is -0.494 e. The molecule has 0 aliphatic rings. The Morgan fingerprint density at radius 1 is 1.10 bits per heavy atom. The summed E-state index contributed by atoms with van der Waals surface area (Å²) in [5.74, 6) is 1.53. The van der Waals surface area contributed by atoms with E-state index in [0.717, 1.165) is 28.0 Å². The molecule has 0 spiro atoms. The van der Waals surface area contributed by atoms with Crippen LogP contribution in [-0.4, -0.2) is 40.4 Å². The Balaban J connectivity index is 1.54. The minimum absolute atomic E-state index is 0.00460. The average Bonchev–Trinajstić information content (AvgIpc) is 3.16. The van der Waals surface area contributed by atoms with Gasteiger partial charge in [-0.25, -0.2) is 0 Å². The van der Waals surface area contributed by atoms with Gasteiger partial charge in [-0.05, 0) is 50.6 Å². The van der Waals surface area contributed by atoms with Crippen molar-refractivity contribution in [1.29, 1.82) is 0 Å². The number of amides is 1. The molecule has 1 aromatic heterocycles. The van der Waals surface area contributed by atoms with E-state index in [1.807, 2.05) is 57.2 Å². The van der Waals surface area contributed by atoms with Crippen molar-refractivity contribution in [3.8, 4) is 17.2 Å². The van der Waals surface area contributed by atoms with Gasteiger partial charge in [-0.2, -0.15) is 0 Å². The molecule has 3 rings (SSSR count). The van der Waals surface area contributed by atoms with Crippen LogP contribution in [0.5, 0.6) is 5.75 Å². The van der Waals surface area contributed by atoms with Gasteiger partial charge in [0.25, 0.3) is 5.22 Å². The summed E-state index contributed by atoms with van der Waals surface area (Å²) in [6, 6.07) is 13.9. The highest BCUT2D eigenvalue weighted by atomic mass is 32.2. The zero-order chi connectivity index (χ0) is 20.8. The number of hydrogen-bond acceptors (Lipinski definition) is 6. The Kier molecular flexibility index (Phi) is 6.93. The van der Waals surface area contributed by atoms with Crippen LogP contribution < -0.4 is 4.74 Å². The molecule has 0 unspecified atom stereocenters. The zero-order valence-electron chi connectivity index (χ0n) is 17.1. The van der Waals surface area contributed by atoms with Crippen LogP contribution in [-0.2, 0) is 11.3 Å². The summed E-state index contributed by atoms with van der Waals surface area (Å²) in [4.78, 5) is 14.1. The van der Waals surface area contributed by atoms with Crippen molar-refractivity contribution < 1.29 is 13.9 Å². The molecule has 0 atom stereocenters. The first-order valence-corrected chi connectivity index (χ1v) is 10.4. The third kappa shape index (κ3) is 5.84. The van der Waals surface area contributed by atoms with Gasteiger partial charge >= 0.3 is 0 Å². The number of aryl methyl sites for hydroxylation is 2. The number of ether oxygens (including phenoxy) is 1. The first-order chi connectivity index (χ1) is 13.9. The number of carbonyl (C=O) groups is 1. The van der Waals surface area contributed by atoms with Crippen LogP contribution in [0.3, 0.4) is 0 Å². The lowest BCUT2D eigenvalue weighted by Gasteiger charge is -2.17. The quantitative estimate of drug-likeness (QED) is 0.508. The first-order valence-electron chi connectivity index (χ1n) is 9.45. The van der Waals surface area contributed by atoms with Crippen molar-refractivity contribution in [3.05, 3.63) is 59.2 Å². The largest absolute Gasteiger partial charge is 0.494 e. The smallest absolute Gasteiger partial charge is 0.277 e. The number of carbonyl (C=O) groups excluding carboxylic acids is 1. The Hall–Kier alpha value is -2.80. The first kappa shape index (κ1) is 20.9. The lowest BCUT2D eigenvalue weighted by molar-refractivity contribution is -0.127. The number of hydrogen-bond donors (Lipinski definition) is 0. The molecule has 6 nitrogen and oxygen atoms in total. The van der Waals surface area contributed by atoms with E-state index in [-0.39, 0.29) is 11.7 Å². The van der Waals surface area contributed by atoms with Gasteiger partial charge in [-0.3, -0.25) is 4.79 Å². The van der Waals surface area contributed by atoms with E-state index >= 15 is 0 Å². The molecule has 152 valence electrons. The molecule has 0 fully saturated rings. The van der Waals surface area contributed by atoms with Crippen LogP contribution in [0.4, 0.5) is 0 Å². The normalized spacial score (nSPS) is 10.8. The van der Waals surface area contributed by atoms with E-state index in [0.29, 0.717) is 24.3 Å². The van der Waals surface area contributed by atoms with Gasteiger partial charge < -0.3 is 14.1 Å². The van der Waals surface area contributed by atoms with Crippen molar-refractivity contribution in [2.45, 2.75) is 32.5 Å². The Bertz CT molecular complexity index is 949. The predicted octanol–water partition coefficient (Wildman–Crippen LogP) is 4.50. The van der Waals surface area contributed by atoms with Gasteiger partial charge in [0, 0.05) is 19.2 Å². The predicted molar refractivity (Wildman–Crippen MR) is 114 cm³/mol. The molecule has 0 saturated carbocycles. The number of thioether (sulfide) groups is 1. The van der Waals surface area contributed by atoms with Crippen LogP contribution in [0.25, 0.3) is 11.5 Å². The van der Waals surface area contributed by atoms with Crippen LogP contribution in [0.2, 0.25) is 0 Å². The maximum atomic E-state index is 12.4. The second-order valence-electron chi connectivity index (χ2n) is 6.86. The Labute approximate surface area is 175 Å². The zero-order valence-corrected chi connectivity index (χ0v) is 18.0. The number of nitrogens with zero attached hydrogens (tertiary/aromatic N) is 3. The lowest BCUT2D eigenvalue weighted by atomic mass is 10.1. The van der Waals surface area contributed by atoms with Crippen molar-refractivity contribution in [2.75, 3.05) is 19.4 Å². The summed E-state index contributed by atoms with van der Waals surface area (Å²) >= 11 is 1.25. The van der Waals surface area contributed by atoms with E-state index in [1.165, 1.54) is 11.8 Å². The molecule has 0 radical (unpaired) electrons. The van der Waals surface area contributed by atoms with Gasteiger partial charge in [0.1, 0.15) is 5.75 Å². The van der Waals surface area contributed by atoms with Crippen molar-refractivity contribution in [3.63, 3.8) is 0 Å². The fourth-order valence-corrected chi connectivity index (χ4v) is 3.64. The summed E-state index contributed by atoms with van der Waals surface area (Å²) in [7, 11) is 1.79. The Morgan fingerprint density at radius 2 is 1.79 bits per heavy atom. The monoisotopic (exact) mass is 411 g/mol. The van der Waals surface area contributed by atoms with Gasteiger partial charge in [0.15, 0.2) is 0 Å². The molecule has 0 aliphatic heterocycles. The molecule has 29 heavy (non-hydrogen) atoms. The highest BCUT2D eigenvalue weighted by Crippen LogP contribution is 2.25. The van der Waals surface area contributed by atoms with E-state index < -0.39 is 0 Å².